The molecule has 0 aliphatic heterocycles. The summed E-state index contributed by atoms with van der Waals surface area (Å²) in [6.45, 7) is 4.38. The molecule has 15 heavy (non-hydrogen) atoms. The second-order valence-corrected chi connectivity index (χ2v) is 6.16. The van der Waals surface area contributed by atoms with E-state index in [-0.39, 0.29) is 11.0 Å². The molecule has 0 amide bonds. The van der Waals surface area contributed by atoms with Crippen LogP contribution in [0.3, 0.4) is 0 Å². The summed E-state index contributed by atoms with van der Waals surface area (Å²) in [5.41, 5.74) is -0.0817. The molecule has 2 atom stereocenters. The first-order valence-corrected chi connectivity index (χ1v) is 6.08. The number of hydrogen-bond donors (Lipinski definition) is 1. The zero-order valence-electron chi connectivity index (χ0n) is 9.24. The molecule has 1 N–H and O–H groups in total. The third kappa shape index (κ3) is 1.50. The maximum absolute atomic E-state index is 10.5. The van der Waals surface area contributed by atoms with Crippen molar-refractivity contribution in [3.05, 3.63) is 12.8 Å². The summed E-state index contributed by atoms with van der Waals surface area (Å²) in [5.74, 6) is 1.51. The average molecular weight is 208 g/mol. The molecule has 4 fully saturated rings. The van der Waals surface area contributed by atoms with Crippen molar-refractivity contribution in [2.24, 2.45) is 17.3 Å². The Kier molecular flexibility index (Phi) is 1.94. The third-order valence-electron chi connectivity index (χ3n) is 4.66. The van der Waals surface area contributed by atoms with E-state index in [2.05, 4.69) is 6.58 Å². The molecule has 4 aliphatic rings. The quantitative estimate of drug-likeness (QED) is 0.722. The van der Waals surface area contributed by atoms with Gasteiger partial charge in [-0.2, -0.15) is 0 Å². The van der Waals surface area contributed by atoms with Crippen LogP contribution < -0.4 is 0 Å². The monoisotopic (exact) mass is 208 g/mol. The lowest BCUT2D eigenvalue weighted by atomic mass is 9.48. The summed E-state index contributed by atoms with van der Waals surface area (Å²) >= 11 is 0. The van der Waals surface area contributed by atoms with Crippen LogP contribution in [0, 0.1) is 17.3 Å². The van der Waals surface area contributed by atoms with Gasteiger partial charge in [0.15, 0.2) is 0 Å². The van der Waals surface area contributed by atoms with Crippen LogP contribution in [-0.4, -0.2) is 17.3 Å². The van der Waals surface area contributed by atoms with Crippen LogP contribution in [0.2, 0.25) is 0 Å². The Labute approximate surface area is 91.3 Å². The van der Waals surface area contributed by atoms with Crippen molar-refractivity contribution in [2.75, 3.05) is 6.61 Å². The number of hydrogen-bond acceptors (Lipinski definition) is 2. The highest BCUT2D eigenvalue weighted by Gasteiger charge is 2.57. The minimum Gasteiger partial charge on any atom is -0.501 e. The molecule has 4 rings (SSSR count). The van der Waals surface area contributed by atoms with Gasteiger partial charge < -0.3 is 9.84 Å². The van der Waals surface area contributed by atoms with Gasteiger partial charge in [-0.15, -0.1) is 0 Å². The standard InChI is InChI=1S/C13H20O2/c1-2-15-9-12-4-10-3-11(5-12)7-13(14,6-10)8-12/h2,10-11,14H,1,3-9H2. The molecule has 2 heteroatoms. The van der Waals surface area contributed by atoms with E-state index in [0.717, 1.165) is 37.7 Å². The lowest BCUT2D eigenvalue weighted by Gasteiger charge is -2.59. The molecule has 4 saturated carbocycles. The Balaban J connectivity index is 1.83. The summed E-state index contributed by atoms with van der Waals surface area (Å²) < 4.78 is 5.42. The van der Waals surface area contributed by atoms with E-state index in [0.29, 0.717) is 0 Å². The topological polar surface area (TPSA) is 29.5 Å². The molecular formula is C13H20O2. The lowest BCUT2D eigenvalue weighted by Crippen LogP contribution is -2.56. The molecule has 4 bridgehead atoms. The highest BCUT2D eigenvalue weighted by Crippen LogP contribution is 2.61. The van der Waals surface area contributed by atoms with E-state index in [4.69, 9.17) is 4.74 Å². The zero-order valence-corrected chi connectivity index (χ0v) is 9.24. The summed E-state index contributed by atoms with van der Waals surface area (Å²) in [6.07, 6.45) is 8.46. The number of ether oxygens (including phenoxy) is 1. The predicted octanol–water partition coefficient (Wildman–Crippen LogP) is 2.48. The average Bonchev–Trinajstić information content (AvgIpc) is 2.10. The maximum Gasteiger partial charge on any atom is 0.0930 e. The van der Waals surface area contributed by atoms with E-state index in [1.54, 1.807) is 6.26 Å². The molecule has 0 aromatic heterocycles. The molecule has 0 aromatic rings. The van der Waals surface area contributed by atoms with Crippen LogP contribution >= 0.6 is 0 Å². The molecule has 2 nitrogen and oxygen atoms in total. The van der Waals surface area contributed by atoms with Crippen molar-refractivity contribution in [1.82, 2.24) is 0 Å². The fourth-order valence-corrected chi connectivity index (χ4v) is 4.81. The van der Waals surface area contributed by atoms with Crippen LogP contribution in [-0.2, 0) is 4.74 Å². The maximum atomic E-state index is 10.5. The predicted molar refractivity (Wildman–Crippen MR) is 58.2 cm³/mol. The molecule has 2 unspecified atom stereocenters. The van der Waals surface area contributed by atoms with Gasteiger partial charge >= 0.3 is 0 Å². The van der Waals surface area contributed by atoms with Crippen molar-refractivity contribution >= 4 is 0 Å². The van der Waals surface area contributed by atoms with E-state index < -0.39 is 0 Å². The van der Waals surface area contributed by atoms with Crippen LogP contribution in [0.1, 0.15) is 38.5 Å². The molecular weight excluding hydrogens is 188 g/mol. The van der Waals surface area contributed by atoms with Crippen molar-refractivity contribution in [3.8, 4) is 0 Å². The van der Waals surface area contributed by atoms with E-state index >= 15 is 0 Å². The summed E-state index contributed by atoms with van der Waals surface area (Å²) in [7, 11) is 0. The zero-order chi connectivity index (χ0) is 10.5. The van der Waals surface area contributed by atoms with Gasteiger partial charge in [0.2, 0.25) is 0 Å². The first kappa shape index (κ1) is 9.71. The fourth-order valence-electron chi connectivity index (χ4n) is 4.81. The van der Waals surface area contributed by atoms with Gasteiger partial charge in [-0.05, 0) is 50.4 Å². The van der Waals surface area contributed by atoms with Crippen LogP contribution in [0.4, 0.5) is 0 Å². The lowest BCUT2D eigenvalue weighted by molar-refractivity contribution is -0.175. The Morgan fingerprint density at radius 3 is 2.47 bits per heavy atom. The Morgan fingerprint density at radius 1 is 1.27 bits per heavy atom. The minimum absolute atomic E-state index is 0.271. The summed E-state index contributed by atoms with van der Waals surface area (Å²) in [6, 6.07) is 0. The van der Waals surface area contributed by atoms with Crippen molar-refractivity contribution in [1.29, 1.82) is 0 Å². The van der Waals surface area contributed by atoms with Crippen LogP contribution in [0.25, 0.3) is 0 Å². The first-order chi connectivity index (χ1) is 7.13. The van der Waals surface area contributed by atoms with Gasteiger partial charge in [0.1, 0.15) is 0 Å². The van der Waals surface area contributed by atoms with Crippen LogP contribution in [0.5, 0.6) is 0 Å². The molecule has 0 heterocycles. The van der Waals surface area contributed by atoms with Gasteiger partial charge in [0.25, 0.3) is 0 Å². The van der Waals surface area contributed by atoms with Crippen molar-refractivity contribution in [3.63, 3.8) is 0 Å². The fraction of sp³-hybridized carbons (Fsp3) is 0.846. The Morgan fingerprint density at radius 2 is 1.93 bits per heavy atom. The van der Waals surface area contributed by atoms with E-state index in [1.807, 2.05) is 0 Å². The second-order valence-electron chi connectivity index (χ2n) is 6.16. The molecule has 0 saturated heterocycles. The van der Waals surface area contributed by atoms with Crippen molar-refractivity contribution in [2.45, 2.75) is 44.1 Å². The highest BCUT2D eigenvalue weighted by molar-refractivity contribution is 5.08. The number of aliphatic hydroxyl groups is 1. The van der Waals surface area contributed by atoms with Gasteiger partial charge in [-0.3, -0.25) is 0 Å². The number of rotatable bonds is 3. The van der Waals surface area contributed by atoms with Gasteiger partial charge in [-0.25, -0.2) is 0 Å². The van der Waals surface area contributed by atoms with Gasteiger partial charge in [-0.1, -0.05) is 6.58 Å². The normalized spacial score (nSPS) is 51.8. The molecule has 0 spiro atoms. The van der Waals surface area contributed by atoms with Crippen LogP contribution in [0.15, 0.2) is 12.8 Å². The Bertz CT molecular complexity index is 270. The van der Waals surface area contributed by atoms with Gasteiger partial charge in [0.05, 0.1) is 18.5 Å². The van der Waals surface area contributed by atoms with E-state index in [9.17, 15) is 5.11 Å². The largest absolute Gasteiger partial charge is 0.501 e. The minimum atomic E-state index is -0.353. The van der Waals surface area contributed by atoms with Gasteiger partial charge in [0, 0.05) is 5.41 Å². The highest BCUT2D eigenvalue weighted by atomic mass is 16.5. The molecule has 84 valence electrons. The molecule has 0 aromatic carbocycles. The summed E-state index contributed by atoms with van der Waals surface area (Å²) in [4.78, 5) is 0. The molecule has 0 radical (unpaired) electrons. The summed E-state index contributed by atoms with van der Waals surface area (Å²) in [5, 5.41) is 10.5. The Hall–Kier alpha value is -0.500. The smallest absolute Gasteiger partial charge is 0.0930 e. The third-order valence-corrected chi connectivity index (χ3v) is 4.66. The van der Waals surface area contributed by atoms with Crippen molar-refractivity contribution < 1.29 is 9.84 Å². The van der Waals surface area contributed by atoms with E-state index in [1.165, 1.54) is 19.3 Å². The SMILES string of the molecule is C=COCC12CC3CC(CC(O)(C3)C1)C2. The molecule has 4 aliphatic carbocycles. The first-order valence-electron chi connectivity index (χ1n) is 6.08. The second kappa shape index (κ2) is 3.00.